The lowest BCUT2D eigenvalue weighted by Gasteiger charge is -2.28. The number of aryl methyl sites for hydroxylation is 1. The fourth-order valence-corrected chi connectivity index (χ4v) is 4.68. The molecule has 3 atom stereocenters. The summed E-state index contributed by atoms with van der Waals surface area (Å²) < 4.78 is 16.7. The number of aromatic nitrogens is 2. The fourth-order valence-electron chi connectivity index (χ4n) is 4.39. The van der Waals surface area contributed by atoms with Crippen LogP contribution in [0.1, 0.15) is 50.0 Å². The number of rotatable bonds is 8. The van der Waals surface area contributed by atoms with Gasteiger partial charge in [0.1, 0.15) is 28.9 Å². The highest BCUT2D eigenvalue weighted by atomic mass is 35.5. The summed E-state index contributed by atoms with van der Waals surface area (Å²) in [4.78, 5) is 28.5. The molecule has 0 aliphatic heterocycles. The van der Waals surface area contributed by atoms with Crippen molar-refractivity contribution in [1.82, 2.24) is 10.1 Å². The van der Waals surface area contributed by atoms with Crippen molar-refractivity contribution in [2.45, 2.75) is 45.6 Å². The summed E-state index contributed by atoms with van der Waals surface area (Å²) in [5.74, 6) is -0.371. The highest BCUT2D eigenvalue weighted by Crippen LogP contribution is 2.33. The van der Waals surface area contributed by atoms with Gasteiger partial charge in [-0.15, -0.1) is 0 Å². The van der Waals surface area contributed by atoms with Gasteiger partial charge in [-0.1, -0.05) is 47.8 Å². The predicted octanol–water partition coefficient (Wildman–Crippen LogP) is 6.28. The van der Waals surface area contributed by atoms with Gasteiger partial charge < -0.3 is 19.1 Å². The molecule has 0 saturated heterocycles. The van der Waals surface area contributed by atoms with Crippen molar-refractivity contribution >= 4 is 29.4 Å². The molecule has 3 aromatic rings. The number of halogens is 1. The molecule has 0 bridgehead atoms. The number of benzene rings is 1. The number of anilines is 1. The van der Waals surface area contributed by atoms with E-state index in [1.807, 2.05) is 6.07 Å². The van der Waals surface area contributed by atoms with Crippen LogP contribution in [0.2, 0.25) is 5.02 Å². The van der Waals surface area contributed by atoms with E-state index in [0.29, 0.717) is 46.4 Å². The molecule has 0 spiro atoms. The number of hydrogen-bond donors (Lipinski definition) is 2. The Labute approximate surface area is 213 Å². The van der Waals surface area contributed by atoms with Crippen molar-refractivity contribution in [2.75, 3.05) is 11.9 Å². The van der Waals surface area contributed by atoms with E-state index in [1.165, 1.54) is 6.20 Å². The Morgan fingerprint density at radius 3 is 2.72 bits per heavy atom. The van der Waals surface area contributed by atoms with E-state index in [9.17, 15) is 14.7 Å². The molecule has 1 amide bonds. The number of nitrogens with one attached hydrogen (secondary N) is 1. The zero-order valence-electron chi connectivity index (χ0n) is 20.1. The van der Waals surface area contributed by atoms with Crippen LogP contribution in [0, 0.1) is 18.8 Å². The van der Waals surface area contributed by atoms with Crippen LogP contribution >= 0.6 is 11.6 Å². The summed E-state index contributed by atoms with van der Waals surface area (Å²) in [6.07, 6.45) is 3.74. The molecule has 0 radical (unpaired) electrons. The first-order chi connectivity index (χ1) is 17.3. The quantitative estimate of drug-likeness (QED) is 0.360. The Morgan fingerprint density at radius 1 is 1.22 bits per heavy atom. The van der Waals surface area contributed by atoms with E-state index < -0.39 is 18.2 Å². The van der Waals surface area contributed by atoms with E-state index in [-0.39, 0.29) is 17.6 Å². The van der Waals surface area contributed by atoms with Crippen molar-refractivity contribution < 1.29 is 28.7 Å². The standard InChI is InChI=1S/C26H28ClN3O6/c1-15-23(29-26(33)35-16(2)19-8-5-6-10-21(19)27)24(36-30-15)22-12-11-18(13-28-22)34-14-17-7-3-4-9-20(17)25(31)32/h5-6,8,10-13,16-17,20H,3-4,7,9,14H2,1-2H3,(H,29,33)(H,31,32)/t16-,17?,20?/m1/s1. The number of pyridine rings is 1. The average Bonchev–Trinajstić information content (AvgIpc) is 3.23. The number of carboxylic acids is 1. The lowest BCUT2D eigenvalue weighted by atomic mass is 9.80. The van der Waals surface area contributed by atoms with Crippen LogP contribution in [-0.2, 0) is 9.53 Å². The minimum atomic E-state index is -0.766. The molecule has 190 valence electrons. The number of hydrogen-bond acceptors (Lipinski definition) is 7. The van der Waals surface area contributed by atoms with Gasteiger partial charge in [-0.2, -0.15) is 0 Å². The average molecular weight is 514 g/mol. The third-order valence-corrected chi connectivity index (χ3v) is 6.72. The molecule has 1 saturated carbocycles. The number of carboxylic acid groups (broad SMARTS) is 1. The molecule has 1 aliphatic carbocycles. The van der Waals surface area contributed by atoms with Crippen molar-refractivity contribution in [2.24, 2.45) is 11.8 Å². The summed E-state index contributed by atoms with van der Waals surface area (Å²) in [6, 6.07) is 10.6. The summed E-state index contributed by atoms with van der Waals surface area (Å²) in [5, 5.41) is 16.6. The number of amides is 1. The van der Waals surface area contributed by atoms with Crippen molar-refractivity contribution in [3.63, 3.8) is 0 Å². The van der Waals surface area contributed by atoms with E-state index in [0.717, 1.165) is 19.3 Å². The maximum absolute atomic E-state index is 12.6. The molecular formula is C26H28ClN3O6. The van der Waals surface area contributed by atoms with Crippen molar-refractivity contribution in [3.05, 3.63) is 58.9 Å². The molecule has 1 fully saturated rings. The molecule has 1 aliphatic rings. The van der Waals surface area contributed by atoms with Crippen molar-refractivity contribution in [3.8, 4) is 17.2 Å². The second-order valence-electron chi connectivity index (χ2n) is 8.85. The molecule has 1 aromatic carbocycles. The van der Waals surface area contributed by atoms with Crippen LogP contribution in [-0.4, -0.2) is 33.9 Å². The second-order valence-corrected chi connectivity index (χ2v) is 9.25. The Bertz CT molecular complexity index is 1210. The number of carbonyl (C=O) groups is 2. The van der Waals surface area contributed by atoms with Crippen LogP contribution in [0.4, 0.5) is 10.5 Å². The Kier molecular flexibility index (Phi) is 8.10. The monoisotopic (exact) mass is 513 g/mol. The summed E-state index contributed by atoms with van der Waals surface area (Å²) >= 11 is 6.19. The fraction of sp³-hybridized carbons (Fsp3) is 0.385. The number of ether oxygens (including phenoxy) is 2. The highest BCUT2D eigenvalue weighted by molar-refractivity contribution is 6.31. The van der Waals surface area contributed by atoms with Gasteiger partial charge in [-0.25, -0.2) is 9.78 Å². The highest BCUT2D eigenvalue weighted by Gasteiger charge is 2.31. The first kappa shape index (κ1) is 25.5. The largest absolute Gasteiger partial charge is 0.492 e. The molecule has 36 heavy (non-hydrogen) atoms. The van der Waals surface area contributed by atoms with E-state index in [2.05, 4.69) is 15.5 Å². The molecule has 2 N–H and O–H groups in total. The van der Waals surface area contributed by atoms with Crippen LogP contribution in [0.25, 0.3) is 11.5 Å². The smallest absolute Gasteiger partial charge is 0.412 e. The van der Waals surface area contributed by atoms with E-state index >= 15 is 0 Å². The Balaban J connectivity index is 1.40. The normalized spacial score (nSPS) is 18.3. The maximum atomic E-state index is 12.6. The predicted molar refractivity (Wildman–Crippen MR) is 133 cm³/mol. The second kappa shape index (κ2) is 11.4. The summed E-state index contributed by atoms with van der Waals surface area (Å²) in [6.45, 7) is 3.75. The minimum absolute atomic E-state index is 0.0252. The Morgan fingerprint density at radius 2 is 2.00 bits per heavy atom. The van der Waals surface area contributed by atoms with Gasteiger partial charge in [0.15, 0.2) is 0 Å². The van der Waals surface area contributed by atoms with Crippen LogP contribution < -0.4 is 10.1 Å². The minimum Gasteiger partial charge on any atom is -0.492 e. The molecule has 4 rings (SSSR count). The lowest BCUT2D eigenvalue weighted by Crippen LogP contribution is -2.31. The third kappa shape index (κ3) is 5.96. The van der Waals surface area contributed by atoms with Gasteiger partial charge in [0.2, 0.25) is 5.76 Å². The molecule has 2 unspecified atom stereocenters. The van der Waals surface area contributed by atoms with Gasteiger partial charge in [0.05, 0.1) is 18.7 Å². The first-order valence-corrected chi connectivity index (χ1v) is 12.2. The van der Waals surface area contributed by atoms with Crippen LogP contribution in [0.15, 0.2) is 47.1 Å². The van der Waals surface area contributed by atoms with E-state index in [1.54, 1.807) is 44.2 Å². The number of nitrogens with zero attached hydrogens (tertiary/aromatic N) is 2. The molecule has 2 aromatic heterocycles. The number of aliphatic carboxylic acids is 1. The van der Waals surface area contributed by atoms with Crippen molar-refractivity contribution in [1.29, 1.82) is 0 Å². The zero-order valence-corrected chi connectivity index (χ0v) is 20.8. The van der Waals surface area contributed by atoms with Crippen LogP contribution in [0.3, 0.4) is 0 Å². The molecule has 10 heteroatoms. The number of carbonyl (C=O) groups excluding carboxylic acids is 1. The molecule has 2 heterocycles. The van der Waals surface area contributed by atoms with Gasteiger partial charge in [-0.05, 0) is 44.9 Å². The Hall–Kier alpha value is -3.59. The zero-order chi connectivity index (χ0) is 25.7. The van der Waals surface area contributed by atoms with Gasteiger partial charge >= 0.3 is 12.1 Å². The first-order valence-electron chi connectivity index (χ1n) is 11.8. The SMILES string of the molecule is Cc1noc(-c2ccc(OCC3CCCCC3C(=O)O)cn2)c1NC(=O)O[C@H](C)c1ccccc1Cl. The third-order valence-electron chi connectivity index (χ3n) is 6.38. The lowest BCUT2D eigenvalue weighted by molar-refractivity contribution is -0.145. The summed E-state index contributed by atoms with van der Waals surface area (Å²) in [7, 11) is 0. The topological polar surface area (TPSA) is 124 Å². The van der Waals surface area contributed by atoms with Gasteiger partial charge in [0.25, 0.3) is 0 Å². The van der Waals surface area contributed by atoms with Gasteiger partial charge in [0, 0.05) is 16.5 Å². The molecule has 9 nitrogen and oxygen atoms in total. The van der Waals surface area contributed by atoms with Gasteiger partial charge in [-0.3, -0.25) is 10.1 Å². The summed E-state index contributed by atoms with van der Waals surface area (Å²) in [5.41, 5.74) is 1.95. The van der Waals surface area contributed by atoms with E-state index in [4.69, 9.17) is 25.6 Å². The maximum Gasteiger partial charge on any atom is 0.412 e. The van der Waals surface area contributed by atoms with Crippen LogP contribution in [0.5, 0.6) is 5.75 Å². The molecular weight excluding hydrogens is 486 g/mol.